The largest absolute Gasteiger partial charge is 0.132 e. The van der Waals surface area contributed by atoms with Crippen molar-refractivity contribution in [1.82, 2.24) is 9.59 Å². The lowest BCUT2D eigenvalue weighted by atomic mass is 11.0. The molecule has 1 aromatic rings. The fourth-order valence-electron chi connectivity index (χ4n) is 0.245. The van der Waals surface area contributed by atoms with Gasteiger partial charge in [-0.3, -0.25) is 0 Å². The summed E-state index contributed by atoms with van der Waals surface area (Å²) >= 11 is 2.99. The number of aromatic nitrogens is 2. The maximum Gasteiger partial charge on any atom is 0.131 e. The molecule has 52 valence electrons. The Morgan fingerprint density at radius 1 is 1.56 bits per heavy atom. The number of hydrogen-bond donors (Lipinski definition) is 0. The zero-order chi connectivity index (χ0) is 7.11. The van der Waals surface area contributed by atoms with Crippen LogP contribution in [-0.2, 0) is 0 Å². The van der Waals surface area contributed by atoms with E-state index in [0.29, 0.717) is 0 Å². The third kappa shape index (κ3) is 3.48. The second-order valence-corrected chi connectivity index (χ2v) is 2.38. The normalized spacial score (nSPS) is 7.89. The third-order valence-electron chi connectivity index (χ3n) is 0.549. The number of rotatable bonds is 1. The molecule has 0 unspecified atom stereocenters. The van der Waals surface area contributed by atoms with Crippen molar-refractivity contribution in [2.24, 2.45) is 0 Å². The number of hydrogen-bond acceptors (Lipinski definition) is 4. The number of nitrogens with zero attached hydrogens (tertiary/aromatic N) is 2. The van der Waals surface area contributed by atoms with Gasteiger partial charge in [-0.05, 0) is 17.8 Å². The molecule has 0 N–H and O–H groups in total. The van der Waals surface area contributed by atoms with Crippen LogP contribution in [0.25, 0.3) is 0 Å². The van der Waals surface area contributed by atoms with E-state index in [9.17, 15) is 0 Å². The van der Waals surface area contributed by atoms with Crippen LogP contribution in [-0.4, -0.2) is 15.8 Å². The van der Waals surface area contributed by atoms with E-state index in [1.165, 1.54) is 11.5 Å². The van der Waals surface area contributed by atoms with E-state index in [1.807, 2.05) is 25.5 Å². The van der Waals surface area contributed by atoms with Crippen LogP contribution in [0.2, 0.25) is 0 Å². The van der Waals surface area contributed by atoms with Gasteiger partial charge in [0.1, 0.15) is 5.03 Å². The molecule has 1 rings (SSSR count). The van der Waals surface area contributed by atoms with Gasteiger partial charge in [0.05, 0.1) is 0 Å². The Morgan fingerprint density at radius 2 is 2.22 bits per heavy atom. The molecule has 0 atom stereocenters. The first kappa shape index (κ1) is 8.91. The van der Waals surface area contributed by atoms with Crippen molar-refractivity contribution < 1.29 is 0 Å². The monoisotopic (exact) mass is 162 g/mol. The van der Waals surface area contributed by atoms with Gasteiger partial charge in [0.25, 0.3) is 0 Å². The number of thioether (sulfide) groups is 1. The van der Waals surface area contributed by atoms with E-state index in [1.54, 1.807) is 11.8 Å². The van der Waals surface area contributed by atoms with Crippen LogP contribution < -0.4 is 0 Å². The summed E-state index contributed by atoms with van der Waals surface area (Å²) in [4.78, 5) is 0. The predicted octanol–water partition coefficient (Wildman–Crippen LogP) is 2.29. The van der Waals surface area contributed by atoms with Gasteiger partial charge in [0.15, 0.2) is 0 Å². The van der Waals surface area contributed by atoms with Gasteiger partial charge >= 0.3 is 0 Å². The lowest BCUT2D eigenvalue weighted by Gasteiger charge is -1.74. The van der Waals surface area contributed by atoms with Crippen molar-refractivity contribution in [1.29, 1.82) is 0 Å². The Balaban J connectivity index is 0.000000291. The minimum atomic E-state index is 1.00. The second kappa shape index (κ2) is 6.04. The topological polar surface area (TPSA) is 25.8 Å². The predicted molar refractivity (Wildman–Crippen MR) is 43.0 cm³/mol. The van der Waals surface area contributed by atoms with E-state index in [2.05, 4.69) is 9.59 Å². The highest BCUT2D eigenvalue weighted by molar-refractivity contribution is 7.98. The van der Waals surface area contributed by atoms with Crippen LogP contribution in [0, 0.1) is 0 Å². The molecule has 9 heavy (non-hydrogen) atoms. The van der Waals surface area contributed by atoms with Gasteiger partial charge in [-0.15, -0.1) is 16.9 Å². The Hall–Kier alpha value is -0.0900. The molecule has 1 aromatic heterocycles. The molecule has 0 amide bonds. The van der Waals surface area contributed by atoms with Crippen molar-refractivity contribution in [2.75, 3.05) is 6.26 Å². The maximum atomic E-state index is 3.77. The molecular weight excluding hydrogens is 152 g/mol. The SMILES string of the molecule is CC.CSc1csnn1. The first-order chi connectivity index (χ1) is 4.43. The van der Waals surface area contributed by atoms with E-state index in [4.69, 9.17) is 0 Å². The summed E-state index contributed by atoms with van der Waals surface area (Å²) in [5, 5.41) is 6.69. The first-order valence-corrected chi connectivity index (χ1v) is 4.80. The second-order valence-electron chi connectivity index (χ2n) is 0.947. The van der Waals surface area contributed by atoms with Crippen LogP contribution in [0.5, 0.6) is 0 Å². The van der Waals surface area contributed by atoms with Gasteiger partial charge in [-0.1, -0.05) is 18.3 Å². The van der Waals surface area contributed by atoms with Crippen molar-refractivity contribution in [3.63, 3.8) is 0 Å². The molecule has 0 fully saturated rings. The molecule has 0 bridgehead atoms. The fourth-order valence-corrected chi connectivity index (χ4v) is 1.25. The van der Waals surface area contributed by atoms with Gasteiger partial charge in [0, 0.05) is 5.38 Å². The average Bonchev–Trinajstić information content (AvgIpc) is 2.43. The molecule has 0 saturated carbocycles. The van der Waals surface area contributed by atoms with Gasteiger partial charge in [-0.2, -0.15) is 0 Å². The third-order valence-corrected chi connectivity index (χ3v) is 1.82. The summed E-state index contributed by atoms with van der Waals surface area (Å²) in [6, 6.07) is 0. The van der Waals surface area contributed by atoms with Crippen LogP contribution in [0.3, 0.4) is 0 Å². The van der Waals surface area contributed by atoms with Crippen molar-refractivity contribution in [3.8, 4) is 0 Å². The Bertz CT molecular complexity index is 128. The van der Waals surface area contributed by atoms with Crippen LogP contribution in [0.4, 0.5) is 0 Å². The molecule has 4 heteroatoms. The molecule has 2 nitrogen and oxygen atoms in total. The molecule has 0 aliphatic heterocycles. The zero-order valence-electron chi connectivity index (χ0n) is 5.79. The van der Waals surface area contributed by atoms with Gasteiger partial charge in [-0.25, -0.2) is 0 Å². The summed E-state index contributed by atoms with van der Waals surface area (Å²) in [7, 11) is 0. The Morgan fingerprint density at radius 3 is 2.44 bits per heavy atom. The van der Waals surface area contributed by atoms with E-state index in [0.717, 1.165) is 5.03 Å². The molecule has 0 aromatic carbocycles. The lowest BCUT2D eigenvalue weighted by Crippen LogP contribution is -1.64. The fraction of sp³-hybridized carbons (Fsp3) is 0.600. The Kier molecular flexibility index (Phi) is 5.98. The van der Waals surface area contributed by atoms with Gasteiger partial charge < -0.3 is 0 Å². The Labute approximate surface area is 63.8 Å². The minimum Gasteiger partial charge on any atom is -0.132 e. The van der Waals surface area contributed by atoms with E-state index >= 15 is 0 Å². The zero-order valence-corrected chi connectivity index (χ0v) is 7.42. The van der Waals surface area contributed by atoms with Crippen LogP contribution >= 0.6 is 23.3 Å². The average molecular weight is 162 g/mol. The molecule has 1 heterocycles. The standard InChI is InChI=1S/C3H4N2S2.C2H6/c1-6-3-2-7-5-4-3;1-2/h2H,1H3;1-2H3. The van der Waals surface area contributed by atoms with Crippen molar-refractivity contribution in [2.45, 2.75) is 18.9 Å². The summed E-state index contributed by atoms with van der Waals surface area (Å²) in [5.74, 6) is 0. The molecule has 0 radical (unpaired) electrons. The van der Waals surface area contributed by atoms with Crippen LogP contribution in [0.15, 0.2) is 10.4 Å². The van der Waals surface area contributed by atoms with E-state index < -0.39 is 0 Å². The van der Waals surface area contributed by atoms with Crippen molar-refractivity contribution in [3.05, 3.63) is 5.38 Å². The lowest BCUT2D eigenvalue weighted by molar-refractivity contribution is 1.04. The summed E-state index contributed by atoms with van der Waals surface area (Å²) in [5.41, 5.74) is 0. The van der Waals surface area contributed by atoms with Crippen LogP contribution in [0.1, 0.15) is 13.8 Å². The highest BCUT2D eigenvalue weighted by Gasteiger charge is 1.86. The minimum absolute atomic E-state index is 1.00. The first-order valence-electron chi connectivity index (χ1n) is 2.74. The molecule has 0 saturated heterocycles. The van der Waals surface area contributed by atoms with Gasteiger partial charge in [0.2, 0.25) is 0 Å². The van der Waals surface area contributed by atoms with Crippen molar-refractivity contribution >= 4 is 23.3 Å². The highest BCUT2D eigenvalue weighted by atomic mass is 32.2. The highest BCUT2D eigenvalue weighted by Crippen LogP contribution is 2.09. The molecule has 0 aliphatic carbocycles. The molecule has 0 aliphatic rings. The summed E-state index contributed by atoms with van der Waals surface area (Å²) < 4.78 is 3.66. The molecular formula is C5H10N2S2. The molecule has 0 spiro atoms. The summed E-state index contributed by atoms with van der Waals surface area (Å²) in [6.45, 7) is 4.00. The van der Waals surface area contributed by atoms with E-state index in [-0.39, 0.29) is 0 Å². The maximum absolute atomic E-state index is 3.77. The quantitative estimate of drug-likeness (QED) is 0.592. The summed E-state index contributed by atoms with van der Waals surface area (Å²) in [6.07, 6.45) is 1.98. The smallest absolute Gasteiger partial charge is 0.131 e.